The van der Waals surface area contributed by atoms with Gasteiger partial charge in [0.15, 0.2) is 0 Å². The molecule has 0 saturated carbocycles. The van der Waals surface area contributed by atoms with Gasteiger partial charge in [0, 0.05) is 43.0 Å². The minimum Gasteiger partial charge on any atom is -0.493 e. The first-order valence-corrected chi connectivity index (χ1v) is 14.4. The van der Waals surface area contributed by atoms with Crippen LogP contribution in [-0.2, 0) is 33.8 Å². The number of aromatic nitrogens is 2. The van der Waals surface area contributed by atoms with Gasteiger partial charge in [-0.2, -0.15) is 11.8 Å². The number of amides is 2. The number of nitrogens with one attached hydrogen (secondary N) is 3. The fourth-order valence-electron chi connectivity index (χ4n) is 4.51. The maximum atomic E-state index is 13.1. The summed E-state index contributed by atoms with van der Waals surface area (Å²) >= 11 is 1.54. The molecule has 3 atom stereocenters. The molecule has 11 heteroatoms. The van der Waals surface area contributed by atoms with Gasteiger partial charge < -0.3 is 25.5 Å². The third-order valence-electron chi connectivity index (χ3n) is 6.84. The Labute approximate surface area is 228 Å². The van der Waals surface area contributed by atoms with E-state index in [9.17, 15) is 19.5 Å². The van der Waals surface area contributed by atoms with Crippen molar-refractivity contribution in [2.45, 2.75) is 58.2 Å². The van der Waals surface area contributed by atoms with Gasteiger partial charge in [-0.1, -0.05) is 38.5 Å². The second-order valence-corrected chi connectivity index (χ2v) is 10.7. The van der Waals surface area contributed by atoms with E-state index in [1.165, 1.54) is 11.8 Å². The average Bonchev–Trinajstić information content (AvgIpc) is 3.58. The number of carbonyl (C=O) groups is 3. The Kier molecular flexibility index (Phi) is 11.5. The van der Waals surface area contributed by atoms with Gasteiger partial charge in [0.05, 0.1) is 25.9 Å². The number of para-hydroxylation sites is 1. The molecule has 208 valence electrons. The van der Waals surface area contributed by atoms with Crippen LogP contribution in [-0.4, -0.2) is 81.5 Å². The number of hydrogen-bond donors (Lipinski definition) is 4. The molecular formula is C27H39N5O5S. The standard InChI is InChI=1S/C27H39N5O5S/c1-4-18(2)23(31-24(33)12-21-13-28-17-29-21)15-32(14-20-7-5-6-19-8-10-37-26(19)20)16-25(34)30-22(27(35)36)9-11-38-3/h5-7,13,17-18,22-23H,4,8-12,14-16H2,1-3H3,(H,28,29)(H,30,34)(H,31,33)(H,35,36). The summed E-state index contributed by atoms with van der Waals surface area (Å²) in [6.45, 7) is 5.62. The molecule has 1 aliphatic heterocycles. The number of imidazole rings is 1. The van der Waals surface area contributed by atoms with E-state index in [1.807, 2.05) is 29.4 Å². The summed E-state index contributed by atoms with van der Waals surface area (Å²) in [5.74, 6) is 0.0979. The quantitative estimate of drug-likeness (QED) is 0.252. The predicted molar refractivity (Wildman–Crippen MR) is 147 cm³/mol. The van der Waals surface area contributed by atoms with Gasteiger partial charge in [0.2, 0.25) is 11.8 Å². The molecule has 3 rings (SSSR count). The normalized spacial score (nSPS) is 14.8. The Morgan fingerprint density at radius 2 is 2.08 bits per heavy atom. The van der Waals surface area contributed by atoms with E-state index >= 15 is 0 Å². The molecule has 2 aromatic rings. The molecule has 0 fully saturated rings. The molecule has 0 bridgehead atoms. The number of carboxylic acid groups (broad SMARTS) is 1. The lowest BCUT2D eigenvalue weighted by atomic mass is 9.97. The molecule has 0 saturated heterocycles. The van der Waals surface area contributed by atoms with Crippen molar-refractivity contribution in [2.24, 2.45) is 5.92 Å². The molecule has 0 radical (unpaired) electrons. The van der Waals surface area contributed by atoms with E-state index in [1.54, 1.807) is 12.5 Å². The number of aromatic amines is 1. The van der Waals surface area contributed by atoms with E-state index in [2.05, 4.69) is 34.4 Å². The van der Waals surface area contributed by atoms with Gasteiger partial charge in [0.25, 0.3) is 0 Å². The first kappa shape index (κ1) is 29.5. The lowest BCUT2D eigenvalue weighted by Crippen LogP contribution is -2.51. The van der Waals surface area contributed by atoms with Crippen LogP contribution in [0.1, 0.15) is 43.5 Å². The van der Waals surface area contributed by atoms with Gasteiger partial charge in [-0.3, -0.25) is 14.5 Å². The number of thioether (sulfide) groups is 1. The van der Waals surface area contributed by atoms with Crippen molar-refractivity contribution >= 4 is 29.5 Å². The summed E-state index contributed by atoms with van der Waals surface area (Å²) < 4.78 is 5.89. The topological polar surface area (TPSA) is 137 Å². The molecule has 1 aromatic carbocycles. The first-order valence-electron chi connectivity index (χ1n) is 13.0. The van der Waals surface area contributed by atoms with Crippen molar-refractivity contribution in [1.82, 2.24) is 25.5 Å². The van der Waals surface area contributed by atoms with E-state index in [4.69, 9.17) is 4.74 Å². The lowest BCUT2D eigenvalue weighted by Gasteiger charge is -2.31. The molecule has 0 spiro atoms. The van der Waals surface area contributed by atoms with Crippen molar-refractivity contribution in [1.29, 1.82) is 0 Å². The Morgan fingerprint density at radius 1 is 1.26 bits per heavy atom. The highest BCUT2D eigenvalue weighted by atomic mass is 32.2. The van der Waals surface area contributed by atoms with Crippen LogP contribution in [0.3, 0.4) is 0 Å². The fraction of sp³-hybridized carbons (Fsp3) is 0.556. The maximum Gasteiger partial charge on any atom is 0.326 e. The number of ether oxygens (including phenoxy) is 1. The highest BCUT2D eigenvalue weighted by Gasteiger charge is 2.27. The summed E-state index contributed by atoms with van der Waals surface area (Å²) in [6, 6.07) is 4.86. The molecular weight excluding hydrogens is 506 g/mol. The molecule has 10 nitrogen and oxygen atoms in total. The summed E-state index contributed by atoms with van der Waals surface area (Å²) in [7, 11) is 0. The summed E-state index contributed by atoms with van der Waals surface area (Å²) in [5, 5.41) is 15.4. The minimum absolute atomic E-state index is 0.00390. The third kappa shape index (κ3) is 8.76. The zero-order valence-corrected chi connectivity index (χ0v) is 23.2. The number of benzene rings is 1. The predicted octanol–water partition coefficient (Wildman–Crippen LogP) is 2.24. The summed E-state index contributed by atoms with van der Waals surface area (Å²) in [4.78, 5) is 46.5. The van der Waals surface area contributed by atoms with E-state index in [0.29, 0.717) is 31.9 Å². The van der Waals surface area contributed by atoms with Gasteiger partial charge in [-0.15, -0.1) is 0 Å². The fourth-order valence-corrected chi connectivity index (χ4v) is 4.98. The third-order valence-corrected chi connectivity index (χ3v) is 7.48. The smallest absolute Gasteiger partial charge is 0.326 e. The summed E-state index contributed by atoms with van der Waals surface area (Å²) in [6.07, 6.45) is 7.29. The number of carboxylic acids is 1. The second-order valence-electron chi connectivity index (χ2n) is 9.73. The average molecular weight is 546 g/mol. The molecule has 38 heavy (non-hydrogen) atoms. The lowest BCUT2D eigenvalue weighted by molar-refractivity contribution is -0.142. The zero-order valence-electron chi connectivity index (χ0n) is 22.4. The molecule has 2 heterocycles. The SMILES string of the molecule is CCC(C)C(CN(CC(=O)NC(CCSC)C(=O)O)Cc1cccc2c1OCC2)NC(=O)Cc1cnc[nH]1. The number of carbonyl (C=O) groups excluding carboxylic acids is 2. The van der Waals surface area contributed by atoms with E-state index < -0.39 is 12.0 Å². The minimum atomic E-state index is -1.04. The van der Waals surface area contributed by atoms with Crippen LogP contribution in [0.5, 0.6) is 5.75 Å². The maximum absolute atomic E-state index is 13.1. The zero-order chi connectivity index (χ0) is 27.5. The van der Waals surface area contributed by atoms with Crippen LogP contribution >= 0.6 is 11.8 Å². The largest absolute Gasteiger partial charge is 0.493 e. The number of aliphatic carboxylic acids is 1. The van der Waals surface area contributed by atoms with Crippen LogP contribution in [0.25, 0.3) is 0 Å². The van der Waals surface area contributed by atoms with Crippen LogP contribution in [0, 0.1) is 5.92 Å². The number of hydrogen-bond acceptors (Lipinski definition) is 7. The molecule has 1 aliphatic rings. The van der Waals surface area contributed by atoms with E-state index in [-0.39, 0.29) is 36.7 Å². The van der Waals surface area contributed by atoms with Crippen molar-refractivity contribution in [3.8, 4) is 5.75 Å². The van der Waals surface area contributed by atoms with Gasteiger partial charge in [0.1, 0.15) is 11.8 Å². The number of H-pyrrole nitrogens is 1. The summed E-state index contributed by atoms with van der Waals surface area (Å²) in [5.41, 5.74) is 2.83. The Balaban J connectivity index is 1.77. The van der Waals surface area contributed by atoms with Crippen LogP contribution in [0.4, 0.5) is 0 Å². The Morgan fingerprint density at radius 3 is 2.76 bits per heavy atom. The van der Waals surface area contributed by atoms with E-state index in [0.717, 1.165) is 35.4 Å². The molecule has 1 aromatic heterocycles. The highest BCUT2D eigenvalue weighted by Crippen LogP contribution is 2.30. The number of nitrogens with zero attached hydrogens (tertiary/aromatic N) is 2. The van der Waals surface area contributed by atoms with Crippen LogP contribution in [0.15, 0.2) is 30.7 Å². The van der Waals surface area contributed by atoms with Crippen molar-refractivity contribution < 1.29 is 24.2 Å². The first-order chi connectivity index (χ1) is 18.3. The monoisotopic (exact) mass is 545 g/mol. The Hall–Kier alpha value is -3.05. The Bertz CT molecular complexity index is 1060. The van der Waals surface area contributed by atoms with Crippen LogP contribution < -0.4 is 15.4 Å². The highest BCUT2D eigenvalue weighted by molar-refractivity contribution is 7.98. The van der Waals surface area contributed by atoms with Gasteiger partial charge in [-0.25, -0.2) is 9.78 Å². The number of fused-ring (bicyclic) bond motifs is 1. The molecule has 3 unspecified atom stereocenters. The van der Waals surface area contributed by atoms with Crippen molar-refractivity contribution in [3.05, 3.63) is 47.5 Å². The second kappa shape index (κ2) is 14.8. The number of rotatable bonds is 16. The molecule has 4 N–H and O–H groups in total. The molecule has 0 aliphatic carbocycles. The van der Waals surface area contributed by atoms with Crippen LogP contribution in [0.2, 0.25) is 0 Å². The van der Waals surface area contributed by atoms with Crippen molar-refractivity contribution in [2.75, 3.05) is 31.7 Å². The van der Waals surface area contributed by atoms with Crippen molar-refractivity contribution in [3.63, 3.8) is 0 Å². The molecule has 2 amide bonds. The van der Waals surface area contributed by atoms with Gasteiger partial charge in [-0.05, 0) is 29.9 Å². The van der Waals surface area contributed by atoms with Gasteiger partial charge >= 0.3 is 5.97 Å².